The lowest BCUT2D eigenvalue weighted by Gasteiger charge is -1.96. The van der Waals surface area contributed by atoms with Gasteiger partial charge in [0.05, 0.1) is 0 Å². The number of halogens is 3. The van der Waals surface area contributed by atoms with Gasteiger partial charge in [0.1, 0.15) is 0 Å². The fourth-order valence-electron chi connectivity index (χ4n) is 0.409. The topological polar surface area (TPSA) is 51.8 Å². The molecule has 0 radical (unpaired) electrons. The minimum Gasteiger partial charge on any atom is -0.381 e. The lowest BCUT2D eigenvalue weighted by molar-refractivity contribution is 0.618. The molecule has 2 N–H and O–H groups in total. The highest BCUT2D eigenvalue weighted by atomic mass is 79.9. The van der Waals surface area contributed by atoms with Gasteiger partial charge in [0, 0.05) is 0 Å². The van der Waals surface area contributed by atoms with Gasteiger partial charge in [-0.3, -0.25) is 0 Å². The van der Waals surface area contributed by atoms with Crippen molar-refractivity contribution in [3.8, 4) is 0 Å². The van der Waals surface area contributed by atoms with Crippen molar-refractivity contribution >= 4 is 33.3 Å². The maximum Gasteiger partial charge on any atom is 0.202 e. The molecule has 0 aliphatic carbocycles. The Morgan fingerprint density at radius 1 is 1.50 bits per heavy atom. The van der Waals surface area contributed by atoms with Gasteiger partial charge >= 0.3 is 0 Å². The molecule has 0 amide bonds. The van der Waals surface area contributed by atoms with Crippen LogP contribution in [0, 0.1) is 5.82 Å². The molecule has 54 valence electrons. The molecule has 0 aliphatic rings. The first-order valence-electron chi connectivity index (χ1n) is 2.25. The third kappa shape index (κ3) is 1.35. The van der Waals surface area contributed by atoms with Crippen LogP contribution in [0.15, 0.2) is 4.73 Å². The van der Waals surface area contributed by atoms with Crippen LogP contribution in [-0.4, -0.2) is 9.97 Å². The van der Waals surface area contributed by atoms with Crippen LogP contribution in [-0.2, 0) is 0 Å². The van der Waals surface area contributed by atoms with Crippen LogP contribution in [0.25, 0.3) is 0 Å². The van der Waals surface area contributed by atoms with Crippen molar-refractivity contribution in [1.29, 1.82) is 0 Å². The zero-order valence-electron chi connectivity index (χ0n) is 4.61. The lowest BCUT2D eigenvalue weighted by atomic mass is 10.6. The Morgan fingerprint density at radius 2 is 2.10 bits per heavy atom. The molecule has 1 aromatic rings. The molecule has 0 atom stereocenters. The van der Waals surface area contributed by atoms with Gasteiger partial charge in [-0.1, -0.05) is 11.6 Å². The number of aromatic nitrogens is 2. The van der Waals surface area contributed by atoms with Gasteiger partial charge in [-0.05, 0) is 15.9 Å². The zero-order chi connectivity index (χ0) is 7.72. The fourth-order valence-corrected chi connectivity index (χ4v) is 1.06. The van der Waals surface area contributed by atoms with Crippen LogP contribution in [0.3, 0.4) is 0 Å². The lowest BCUT2D eigenvalue weighted by Crippen LogP contribution is -1.98. The molecule has 0 aromatic carbocycles. The van der Waals surface area contributed by atoms with Crippen LogP contribution < -0.4 is 5.73 Å². The molecule has 0 unspecified atom stereocenters. The summed E-state index contributed by atoms with van der Waals surface area (Å²) in [5.74, 6) is -1.04. The van der Waals surface area contributed by atoms with Gasteiger partial charge < -0.3 is 5.73 Å². The van der Waals surface area contributed by atoms with Gasteiger partial charge in [-0.2, -0.15) is 4.39 Å². The summed E-state index contributed by atoms with van der Waals surface area (Å²) in [4.78, 5) is 6.91. The molecule has 6 heteroatoms. The highest BCUT2D eigenvalue weighted by Gasteiger charge is 2.07. The van der Waals surface area contributed by atoms with E-state index in [0.717, 1.165) is 0 Å². The van der Waals surface area contributed by atoms with Crippen molar-refractivity contribution in [2.45, 2.75) is 0 Å². The predicted octanol–water partition coefficient (Wildman–Crippen LogP) is 1.61. The average Bonchev–Trinajstić information content (AvgIpc) is 1.82. The summed E-state index contributed by atoms with van der Waals surface area (Å²) >= 11 is 8.18. The van der Waals surface area contributed by atoms with E-state index in [1.165, 1.54) is 0 Å². The minimum absolute atomic E-state index is 0.177. The summed E-state index contributed by atoms with van der Waals surface area (Å²) in [6.45, 7) is 0. The molecule has 1 rings (SSSR count). The maximum atomic E-state index is 12.5. The van der Waals surface area contributed by atoms with Crippen molar-refractivity contribution < 1.29 is 4.39 Å². The normalized spacial score (nSPS) is 9.90. The number of hydrogen-bond acceptors (Lipinski definition) is 3. The van der Waals surface area contributed by atoms with E-state index in [1.54, 1.807) is 0 Å². The number of rotatable bonds is 0. The molecule has 0 saturated carbocycles. The molecular formula is C4H2BrClFN3. The highest BCUT2D eigenvalue weighted by molar-refractivity contribution is 9.10. The second-order valence-electron chi connectivity index (χ2n) is 1.48. The van der Waals surface area contributed by atoms with Gasteiger partial charge in [-0.25, -0.2) is 9.97 Å². The van der Waals surface area contributed by atoms with E-state index in [-0.39, 0.29) is 15.7 Å². The summed E-state index contributed by atoms with van der Waals surface area (Å²) in [7, 11) is 0. The molecule has 0 saturated heterocycles. The first kappa shape index (κ1) is 7.68. The first-order valence-corrected chi connectivity index (χ1v) is 3.42. The Labute approximate surface area is 69.5 Å². The van der Waals surface area contributed by atoms with E-state index in [4.69, 9.17) is 17.3 Å². The monoisotopic (exact) mass is 225 g/mol. The second-order valence-corrected chi connectivity index (χ2v) is 2.55. The SMILES string of the molecule is Nc1nc(Br)nc(Cl)c1F. The van der Waals surface area contributed by atoms with E-state index in [2.05, 4.69) is 25.9 Å². The quantitative estimate of drug-likeness (QED) is 0.540. The number of hydrogen-bond donors (Lipinski definition) is 1. The van der Waals surface area contributed by atoms with Gasteiger partial charge in [0.25, 0.3) is 0 Å². The molecule has 3 nitrogen and oxygen atoms in total. The minimum atomic E-state index is -0.787. The van der Waals surface area contributed by atoms with E-state index >= 15 is 0 Å². The molecule has 0 fully saturated rings. The number of nitrogen functional groups attached to an aromatic ring is 1. The Kier molecular flexibility index (Phi) is 2.05. The van der Waals surface area contributed by atoms with Crippen molar-refractivity contribution in [2.75, 3.05) is 5.73 Å². The Hall–Kier alpha value is -0.420. The predicted molar refractivity (Wildman–Crippen MR) is 39.1 cm³/mol. The number of anilines is 1. The van der Waals surface area contributed by atoms with E-state index < -0.39 is 5.82 Å². The largest absolute Gasteiger partial charge is 0.381 e. The zero-order valence-corrected chi connectivity index (χ0v) is 6.95. The average molecular weight is 226 g/mol. The Morgan fingerprint density at radius 3 is 2.60 bits per heavy atom. The van der Waals surface area contributed by atoms with E-state index in [1.807, 2.05) is 0 Å². The summed E-state index contributed by atoms with van der Waals surface area (Å²) in [6, 6.07) is 0. The van der Waals surface area contributed by atoms with Crippen molar-refractivity contribution in [2.24, 2.45) is 0 Å². The number of nitrogens with zero attached hydrogens (tertiary/aromatic N) is 2. The van der Waals surface area contributed by atoms with Gasteiger partial charge in [-0.15, -0.1) is 0 Å². The molecule has 10 heavy (non-hydrogen) atoms. The fraction of sp³-hybridized carbons (Fsp3) is 0. The standard InChI is InChI=1S/C4H2BrClFN3/c5-4-9-2(6)1(7)3(8)10-4/h(H2,8,9,10). The van der Waals surface area contributed by atoms with Crippen LogP contribution in [0.1, 0.15) is 0 Å². The van der Waals surface area contributed by atoms with Crippen molar-refractivity contribution in [3.05, 3.63) is 15.7 Å². The molecule has 0 aliphatic heterocycles. The third-order valence-corrected chi connectivity index (χ3v) is 1.41. The van der Waals surface area contributed by atoms with Crippen LogP contribution in [0.5, 0.6) is 0 Å². The second kappa shape index (κ2) is 2.67. The summed E-state index contributed by atoms with van der Waals surface area (Å²) in [5.41, 5.74) is 5.08. The molecule has 0 bridgehead atoms. The molecular weight excluding hydrogens is 224 g/mol. The molecule has 1 heterocycles. The summed E-state index contributed by atoms with van der Waals surface area (Å²) in [5, 5.41) is -0.278. The third-order valence-electron chi connectivity index (χ3n) is 0.809. The van der Waals surface area contributed by atoms with E-state index in [0.29, 0.717) is 0 Å². The van der Waals surface area contributed by atoms with Crippen LogP contribution in [0.2, 0.25) is 5.15 Å². The Balaban J connectivity index is 3.31. The van der Waals surface area contributed by atoms with Crippen LogP contribution in [0.4, 0.5) is 10.2 Å². The van der Waals surface area contributed by atoms with Crippen LogP contribution >= 0.6 is 27.5 Å². The number of nitrogens with two attached hydrogens (primary N) is 1. The Bertz CT molecular complexity index is 244. The molecule has 1 aromatic heterocycles. The summed E-state index contributed by atoms with van der Waals surface area (Å²) in [6.07, 6.45) is 0. The maximum absolute atomic E-state index is 12.5. The van der Waals surface area contributed by atoms with E-state index in [9.17, 15) is 4.39 Å². The molecule has 0 spiro atoms. The van der Waals surface area contributed by atoms with Gasteiger partial charge in [0.15, 0.2) is 15.7 Å². The highest BCUT2D eigenvalue weighted by Crippen LogP contribution is 2.17. The summed E-state index contributed by atoms with van der Waals surface area (Å²) < 4.78 is 12.7. The smallest absolute Gasteiger partial charge is 0.202 e. The van der Waals surface area contributed by atoms with Crippen molar-refractivity contribution in [3.63, 3.8) is 0 Å². The van der Waals surface area contributed by atoms with Gasteiger partial charge in [0.2, 0.25) is 5.82 Å². The first-order chi connectivity index (χ1) is 4.61. The van der Waals surface area contributed by atoms with Crippen molar-refractivity contribution in [1.82, 2.24) is 9.97 Å².